The van der Waals surface area contributed by atoms with Gasteiger partial charge in [-0.2, -0.15) is 0 Å². The van der Waals surface area contributed by atoms with Crippen molar-refractivity contribution in [2.24, 2.45) is 0 Å². The van der Waals surface area contributed by atoms with Gasteiger partial charge in [-0.1, -0.05) is 0 Å². The van der Waals surface area contributed by atoms with Crippen molar-refractivity contribution in [1.29, 1.82) is 0 Å². The van der Waals surface area contributed by atoms with Crippen LogP contribution < -0.4 is 9.47 Å². The quantitative estimate of drug-likeness (QED) is 0.779. The number of aliphatic hydroxyl groups excluding tert-OH is 1. The Morgan fingerprint density at radius 2 is 1.44 bits per heavy atom. The molecule has 0 radical (unpaired) electrons. The summed E-state index contributed by atoms with van der Waals surface area (Å²) in [7, 11) is 0. The molecule has 5 heteroatoms. The number of rotatable bonds is 2. The van der Waals surface area contributed by atoms with E-state index in [1.165, 1.54) is 0 Å². The topological polar surface area (TPSA) is 79.2 Å². The highest BCUT2D eigenvalue weighted by Crippen LogP contribution is 2.54. The first kappa shape index (κ1) is 16.1. The summed E-state index contributed by atoms with van der Waals surface area (Å²) in [5.74, 6) is 1.07. The summed E-state index contributed by atoms with van der Waals surface area (Å²) >= 11 is 0. The third kappa shape index (κ3) is 2.05. The van der Waals surface area contributed by atoms with E-state index in [0.717, 1.165) is 52.6 Å². The van der Waals surface area contributed by atoms with Crippen molar-refractivity contribution >= 4 is 0 Å². The summed E-state index contributed by atoms with van der Waals surface area (Å²) in [4.78, 5) is 0. The first-order chi connectivity index (χ1) is 12.0. The summed E-state index contributed by atoms with van der Waals surface area (Å²) in [6.45, 7) is 5.70. The molecule has 1 aliphatic heterocycles. The van der Waals surface area contributed by atoms with Gasteiger partial charge in [-0.3, -0.25) is 0 Å². The van der Waals surface area contributed by atoms with Crippen LogP contribution in [0.5, 0.6) is 23.0 Å². The van der Waals surface area contributed by atoms with Gasteiger partial charge in [0, 0.05) is 11.1 Å². The maximum atomic E-state index is 11.0. The lowest BCUT2D eigenvalue weighted by molar-refractivity contribution is 0.171. The zero-order valence-electron chi connectivity index (χ0n) is 14.7. The minimum atomic E-state index is -0.0786. The lowest BCUT2D eigenvalue weighted by atomic mass is 9.85. The van der Waals surface area contributed by atoms with Crippen LogP contribution in [0.1, 0.15) is 39.8 Å². The van der Waals surface area contributed by atoms with Gasteiger partial charge in [0.25, 0.3) is 0 Å². The van der Waals surface area contributed by atoms with Crippen LogP contribution in [0.3, 0.4) is 0 Å². The normalized spacial score (nSPS) is 14.9. The third-order valence-corrected chi connectivity index (χ3v) is 5.68. The summed E-state index contributed by atoms with van der Waals surface area (Å²) in [6.07, 6.45) is 2.61. The summed E-state index contributed by atoms with van der Waals surface area (Å²) < 4.78 is 10.9. The van der Waals surface area contributed by atoms with E-state index in [1.54, 1.807) is 0 Å². The molecule has 0 saturated heterocycles. The summed E-state index contributed by atoms with van der Waals surface area (Å²) in [6, 6.07) is 0. The summed E-state index contributed by atoms with van der Waals surface area (Å²) in [5.41, 5.74) is 6.45. The molecule has 0 unspecified atom stereocenters. The highest BCUT2D eigenvalue weighted by Gasteiger charge is 2.31. The first-order valence-corrected chi connectivity index (χ1v) is 8.56. The van der Waals surface area contributed by atoms with E-state index in [1.807, 2.05) is 20.8 Å². The van der Waals surface area contributed by atoms with E-state index in [0.29, 0.717) is 22.6 Å². The van der Waals surface area contributed by atoms with Gasteiger partial charge in [-0.05, 0) is 73.4 Å². The minimum Gasteiger partial charge on any atom is -0.507 e. The Hall–Kier alpha value is -2.40. The molecule has 0 aromatic heterocycles. The average molecular weight is 342 g/mol. The number of aromatic hydroxyl groups is 2. The van der Waals surface area contributed by atoms with Crippen LogP contribution in [0.15, 0.2) is 0 Å². The Bertz CT molecular complexity index is 898. The fraction of sp³-hybridized carbons (Fsp3) is 0.400. The standard InChI is InChI=1S/C20H22O5/c1-9-10(2)19-20(25-8-24-19)18(23)15(9)16-11(3)14(7-21)12-5-4-6-13(12)17(16)22/h21-23H,4-8H2,1-3H3. The molecule has 2 aromatic rings. The number of phenolic OH excluding ortho intramolecular Hbond substituents is 2. The molecule has 5 nitrogen and oxygen atoms in total. The second kappa shape index (κ2) is 5.56. The lowest BCUT2D eigenvalue weighted by Crippen LogP contribution is -2.03. The molecule has 0 bridgehead atoms. The van der Waals surface area contributed by atoms with E-state index in [2.05, 4.69) is 0 Å². The number of hydrogen-bond acceptors (Lipinski definition) is 5. The van der Waals surface area contributed by atoms with Crippen molar-refractivity contribution in [2.45, 2.75) is 46.6 Å². The second-order valence-corrected chi connectivity index (χ2v) is 6.83. The number of fused-ring (bicyclic) bond motifs is 2. The Labute approximate surface area is 146 Å². The van der Waals surface area contributed by atoms with Crippen molar-refractivity contribution in [3.05, 3.63) is 33.4 Å². The molecule has 25 heavy (non-hydrogen) atoms. The number of phenols is 2. The highest BCUT2D eigenvalue weighted by molar-refractivity contribution is 5.88. The van der Waals surface area contributed by atoms with Crippen LogP contribution in [0.4, 0.5) is 0 Å². The zero-order chi connectivity index (χ0) is 17.9. The first-order valence-electron chi connectivity index (χ1n) is 8.56. The minimum absolute atomic E-state index is 0.0177. The Morgan fingerprint density at radius 1 is 0.800 bits per heavy atom. The smallest absolute Gasteiger partial charge is 0.231 e. The van der Waals surface area contributed by atoms with Gasteiger partial charge in [-0.15, -0.1) is 0 Å². The van der Waals surface area contributed by atoms with Crippen LogP contribution in [0, 0.1) is 20.8 Å². The van der Waals surface area contributed by atoms with Gasteiger partial charge in [0.1, 0.15) is 5.75 Å². The zero-order valence-corrected chi connectivity index (χ0v) is 14.7. The van der Waals surface area contributed by atoms with Gasteiger partial charge < -0.3 is 24.8 Å². The molecule has 4 rings (SSSR count). The van der Waals surface area contributed by atoms with Crippen LogP contribution in [0.25, 0.3) is 11.1 Å². The highest BCUT2D eigenvalue weighted by atomic mass is 16.7. The van der Waals surface area contributed by atoms with Crippen LogP contribution in [-0.4, -0.2) is 22.1 Å². The maximum Gasteiger partial charge on any atom is 0.231 e. The van der Waals surface area contributed by atoms with Crippen molar-refractivity contribution < 1.29 is 24.8 Å². The van der Waals surface area contributed by atoms with Gasteiger partial charge in [0.2, 0.25) is 12.5 Å². The molecule has 3 N–H and O–H groups in total. The largest absolute Gasteiger partial charge is 0.507 e. The molecule has 0 atom stereocenters. The number of hydrogen-bond donors (Lipinski definition) is 3. The summed E-state index contributed by atoms with van der Waals surface area (Å²) in [5, 5.41) is 31.7. The maximum absolute atomic E-state index is 11.0. The molecular formula is C20H22O5. The number of benzene rings is 2. The van der Waals surface area contributed by atoms with Gasteiger partial charge in [0.05, 0.1) is 6.61 Å². The fourth-order valence-electron chi connectivity index (χ4n) is 4.25. The van der Waals surface area contributed by atoms with Crippen molar-refractivity contribution in [3.63, 3.8) is 0 Å². The molecule has 2 aliphatic rings. The molecular weight excluding hydrogens is 320 g/mol. The predicted octanol–water partition coefficient (Wildman–Crippen LogP) is 3.40. The van der Waals surface area contributed by atoms with Crippen LogP contribution in [-0.2, 0) is 19.4 Å². The Kier molecular flexibility index (Phi) is 3.58. The molecule has 0 saturated carbocycles. The molecule has 132 valence electrons. The van der Waals surface area contributed by atoms with Gasteiger partial charge in [0.15, 0.2) is 11.5 Å². The molecule has 2 aromatic carbocycles. The van der Waals surface area contributed by atoms with E-state index in [9.17, 15) is 15.3 Å². The third-order valence-electron chi connectivity index (χ3n) is 5.68. The Morgan fingerprint density at radius 3 is 2.16 bits per heavy atom. The molecule has 0 fully saturated rings. The van der Waals surface area contributed by atoms with Crippen molar-refractivity contribution in [3.8, 4) is 34.1 Å². The van der Waals surface area contributed by atoms with Gasteiger partial charge in [-0.25, -0.2) is 0 Å². The average Bonchev–Trinajstić information content (AvgIpc) is 3.25. The van der Waals surface area contributed by atoms with Crippen LogP contribution in [0.2, 0.25) is 0 Å². The molecule has 0 spiro atoms. The SMILES string of the molecule is Cc1c(C)c(-c2c(C)c(CO)c3c(c2O)CCC3)c(O)c2c1OCO2. The van der Waals surface area contributed by atoms with Crippen molar-refractivity contribution in [2.75, 3.05) is 6.79 Å². The fourth-order valence-corrected chi connectivity index (χ4v) is 4.25. The van der Waals surface area contributed by atoms with Gasteiger partial charge >= 0.3 is 0 Å². The second-order valence-electron chi connectivity index (χ2n) is 6.83. The number of ether oxygens (including phenoxy) is 2. The molecule has 1 heterocycles. The predicted molar refractivity (Wildman–Crippen MR) is 93.5 cm³/mol. The number of aliphatic hydroxyl groups is 1. The lowest BCUT2D eigenvalue weighted by Gasteiger charge is -2.21. The van der Waals surface area contributed by atoms with E-state index in [4.69, 9.17) is 9.47 Å². The molecule has 0 amide bonds. The van der Waals surface area contributed by atoms with E-state index >= 15 is 0 Å². The monoisotopic (exact) mass is 342 g/mol. The van der Waals surface area contributed by atoms with Crippen molar-refractivity contribution in [1.82, 2.24) is 0 Å². The van der Waals surface area contributed by atoms with Crippen LogP contribution >= 0.6 is 0 Å². The molecule has 1 aliphatic carbocycles. The van der Waals surface area contributed by atoms with E-state index in [-0.39, 0.29) is 24.9 Å². The van der Waals surface area contributed by atoms with E-state index < -0.39 is 0 Å². The Balaban J connectivity index is 2.09.